The van der Waals surface area contributed by atoms with Gasteiger partial charge in [0.1, 0.15) is 25.1 Å². The minimum Gasteiger partial charge on any atom is -0.480 e. The van der Waals surface area contributed by atoms with Crippen LogP contribution in [0.5, 0.6) is 0 Å². The standard InChI is InChI=1S/C30H39N5O8/c36-27(14-21-8-4-5-9-21)34-25(29(38)39)17-33-28(37)20-41-24-15-23(16-32-26-12-6-7-13-31-26)35(18-24)43-30(40)42-19-22-10-2-1-3-11-22/h1-3,6-7,10-13,21,23-25H,4-5,8-9,14-20H2,(H,31,32)(H,33,37)(H,34,36)(H,38,39). The van der Waals surface area contributed by atoms with Crippen molar-refractivity contribution in [2.24, 2.45) is 5.92 Å². The highest BCUT2D eigenvalue weighted by Crippen LogP contribution is 2.27. The molecule has 2 fully saturated rings. The van der Waals surface area contributed by atoms with E-state index in [0.717, 1.165) is 31.2 Å². The zero-order valence-corrected chi connectivity index (χ0v) is 24.0. The second-order valence-corrected chi connectivity index (χ2v) is 10.8. The molecule has 2 heterocycles. The Morgan fingerprint density at radius 2 is 1.79 bits per heavy atom. The van der Waals surface area contributed by atoms with Crippen molar-refractivity contribution >= 4 is 29.8 Å². The van der Waals surface area contributed by atoms with Crippen molar-refractivity contribution < 1.29 is 38.6 Å². The molecule has 0 bridgehead atoms. The normalized spacial score (nSPS) is 19.3. The van der Waals surface area contributed by atoms with Gasteiger partial charge in [0.2, 0.25) is 11.8 Å². The Hall–Kier alpha value is -4.23. The van der Waals surface area contributed by atoms with Crippen molar-refractivity contribution in [2.75, 3.05) is 31.6 Å². The Bertz CT molecular complexity index is 1200. The molecule has 13 heteroatoms. The summed E-state index contributed by atoms with van der Waals surface area (Å²) in [6, 6.07) is 13.1. The van der Waals surface area contributed by atoms with E-state index >= 15 is 0 Å². The SMILES string of the molecule is O=C(COC1CC(CNc2ccccn2)N(OC(=O)OCc2ccccc2)C1)NCC(NC(=O)CC1CCCC1)C(=O)O. The number of rotatable bonds is 15. The molecule has 1 aliphatic carbocycles. The van der Waals surface area contributed by atoms with Gasteiger partial charge in [-0.25, -0.2) is 14.6 Å². The number of pyridine rings is 1. The summed E-state index contributed by atoms with van der Waals surface area (Å²) in [5.74, 6) is -1.15. The first-order valence-electron chi connectivity index (χ1n) is 14.6. The van der Waals surface area contributed by atoms with Crippen molar-refractivity contribution in [3.63, 3.8) is 0 Å². The summed E-state index contributed by atoms with van der Waals surface area (Å²) < 4.78 is 11.0. The van der Waals surface area contributed by atoms with Crippen LogP contribution in [0.3, 0.4) is 0 Å². The van der Waals surface area contributed by atoms with E-state index in [1.54, 1.807) is 12.3 Å². The Morgan fingerprint density at radius 3 is 2.51 bits per heavy atom. The highest BCUT2D eigenvalue weighted by atomic mass is 16.8. The van der Waals surface area contributed by atoms with Gasteiger partial charge in [-0.05, 0) is 42.9 Å². The van der Waals surface area contributed by atoms with Crippen LogP contribution in [0.15, 0.2) is 54.7 Å². The Balaban J connectivity index is 1.23. The number of carbonyl (C=O) groups excluding carboxylic acids is 3. The summed E-state index contributed by atoms with van der Waals surface area (Å²) in [4.78, 5) is 58.6. The molecule has 43 heavy (non-hydrogen) atoms. The molecular formula is C30H39N5O8. The average molecular weight is 598 g/mol. The fraction of sp³-hybridized carbons (Fsp3) is 0.500. The molecule has 3 atom stereocenters. The van der Waals surface area contributed by atoms with E-state index in [0.29, 0.717) is 18.8 Å². The van der Waals surface area contributed by atoms with Gasteiger partial charge in [0.15, 0.2) is 0 Å². The van der Waals surface area contributed by atoms with E-state index in [4.69, 9.17) is 14.3 Å². The maximum Gasteiger partial charge on any atom is 0.528 e. The van der Waals surface area contributed by atoms with Crippen molar-refractivity contribution in [1.82, 2.24) is 20.7 Å². The van der Waals surface area contributed by atoms with Gasteiger partial charge in [-0.15, -0.1) is 5.06 Å². The highest BCUT2D eigenvalue weighted by Gasteiger charge is 2.36. The number of carbonyl (C=O) groups is 4. The maximum absolute atomic E-state index is 12.5. The van der Waals surface area contributed by atoms with Crippen molar-refractivity contribution in [1.29, 1.82) is 0 Å². The Labute approximate surface area is 250 Å². The van der Waals surface area contributed by atoms with E-state index in [-0.39, 0.29) is 50.6 Å². The smallest absolute Gasteiger partial charge is 0.480 e. The molecule has 1 aromatic heterocycles. The summed E-state index contributed by atoms with van der Waals surface area (Å²) in [7, 11) is 0. The number of anilines is 1. The van der Waals surface area contributed by atoms with Gasteiger partial charge >= 0.3 is 12.1 Å². The van der Waals surface area contributed by atoms with Gasteiger partial charge in [-0.3, -0.25) is 9.59 Å². The first kappa shape index (κ1) is 31.7. The van der Waals surface area contributed by atoms with Crippen LogP contribution in [0.4, 0.5) is 10.6 Å². The molecule has 13 nitrogen and oxygen atoms in total. The number of aromatic nitrogens is 1. The number of benzene rings is 1. The van der Waals surface area contributed by atoms with Crippen LogP contribution >= 0.6 is 0 Å². The minimum atomic E-state index is -1.24. The number of hydrogen-bond acceptors (Lipinski definition) is 10. The molecule has 4 N–H and O–H groups in total. The number of nitrogens with zero attached hydrogens (tertiary/aromatic N) is 2. The predicted octanol–water partition coefficient (Wildman–Crippen LogP) is 2.49. The number of hydrogen-bond donors (Lipinski definition) is 4. The lowest BCUT2D eigenvalue weighted by Gasteiger charge is -2.22. The third-order valence-corrected chi connectivity index (χ3v) is 7.44. The zero-order valence-electron chi connectivity index (χ0n) is 24.0. The fourth-order valence-corrected chi connectivity index (χ4v) is 5.18. The number of nitrogens with one attached hydrogen (secondary N) is 3. The van der Waals surface area contributed by atoms with Crippen molar-refractivity contribution in [3.05, 3.63) is 60.3 Å². The number of hydroxylamine groups is 2. The second kappa shape index (κ2) is 16.4. The van der Waals surface area contributed by atoms with Gasteiger partial charge in [0, 0.05) is 25.7 Å². The summed E-state index contributed by atoms with van der Waals surface area (Å²) in [6.45, 7) is 0.0351. The van der Waals surface area contributed by atoms with Gasteiger partial charge in [0.25, 0.3) is 0 Å². The highest BCUT2D eigenvalue weighted by molar-refractivity contribution is 5.85. The first-order valence-corrected chi connectivity index (χ1v) is 14.6. The van der Waals surface area contributed by atoms with Crippen LogP contribution in [0.1, 0.15) is 44.1 Å². The molecule has 1 aromatic carbocycles. The number of ether oxygens (including phenoxy) is 2. The summed E-state index contributed by atoms with van der Waals surface area (Å²) in [5, 5.41) is 19.2. The summed E-state index contributed by atoms with van der Waals surface area (Å²) >= 11 is 0. The number of carboxylic acids is 1. The van der Waals surface area contributed by atoms with Crippen LogP contribution in [0, 0.1) is 5.92 Å². The molecular weight excluding hydrogens is 558 g/mol. The summed E-state index contributed by atoms with van der Waals surface area (Å²) in [6.07, 6.45) is 5.18. The lowest BCUT2D eigenvalue weighted by atomic mass is 10.0. The quantitative estimate of drug-likeness (QED) is 0.223. The Kier molecular flexibility index (Phi) is 12.1. The average Bonchev–Trinajstić information content (AvgIpc) is 3.66. The monoisotopic (exact) mass is 597 g/mol. The largest absolute Gasteiger partial charge is 0.528 e. The summed E-state index contributed by atoms with van der Waals surface area (Å²) in [5.41, 5.74) is 0.819. The number of amides is 2. The molecule has 2 amide bonds. The lowest BCUT2D eigenvalue weighted by Crippen LogP contribution is -2.49. The van der Waals surface area contributed by atoms with Crippen LogP contribution in [0.25, 0.3) is 0 Å². The van der Waals surface area contributed by atoms with E-state index in [2.05, 4.69) is 20.9 Å². The van der Waals surface area contributed by atoms with E-state index < -0.39 is 30.2 Å². The molecule has 3 unspecified atom stereocenters. The van der Waals surface area contributed by atoms with Gasteiger partial charge < -0.3 is 35.4 Å². The maximum atomic E-state index is 12.5. The molecule has 1 saturated carbocycles. The molecule has 2 aliphatic rings. The molecule has 232 valence electrons. The van der Waals surface area contributed by atoms with E-state index in [9.17, 15) is 24.3 Å². The predicted molar refractivity (Wildman–Crippen MR) is 154 cm³/mol. The topological polar surface area (TPSA) is 168 Å². The van der Waals surface area contributed by atoms with Gasteiger partial charge in [0.05, 0.1) is 18.7 Å². The second-order valence-electron chi connectivity index (χ2n) is 10.8. The minimum absolute atomic E-state index is 0.0584. The Morgan fingerprint density at radius 1 is 1.02 bits per heavy atom. The van der Waals surface area contributed by atoms with Crippen molar-refractivity contribution in [2.45, 2.75) is 63.3 Å². The number of aliphatic carboxylic acids is 1. The van der Waals surface area contributed by atoms with E-state index in [1.807, 2.05) is 42.5 Å². The van der Waals surface area contributed by atoms with Crippen LogP contribution in [-0.4, -0.2) is 83.5 Å². The lowest BCUT2D eigenvalue weighted by molar-refractivity contribution is -0.144. The third kappa shape index (κ3) is 10.8. The van der Waals surface area contributed by atoms with Crippen molar-refractivity contribution in [3.8, 4) is 0 Å². The molecule has 1 aliphatic heterocycles. The molecule has 2 aromatic rings. The third-order valence-electron chi connectivity index (χ3n) is 7.44. The molecule has 0 spiro atoms. The van der Waals surface area contributed by atoms with Crippen LogP contribution in [-0.2, 0) is 35.3 Å². The fourth-order valence-electron chi connectivity index (χ4n) is 5.18. The van der Waals surface area contributed by atoms with Crippen LogP contribution < -0.4 is 16.0 Å². The number of carboxylic acid groups (broad SMARTS) is 1. The zero-order chi connectivity index (χ0) is 30.4. The van der Waals surface area contributed by atoms with Gasteiger partial charge in [-0.2, -0.15) is 0 Å². The van der Waals surface area contributed by atoms with E-state index in [1.165, 1.54) is 5.06 Å². The first-order chi connectivity index (χ1) is 20.9. The molecule has 4 rings (SSSR count). The van der Waals surface area contributed by atoms with Gasteiger partial charge in [-0.1, -0.05) is 49.2 Å². The van der Waals surface area contributed by atoms with Crippen LogP contribution in [0.2, 0.25) is 0 Å². The molecule has 0 radical (unpaired) electrons. The molecule has 1 saturated heterocycles.